The van der Waals surface area contributed by atoms with Crippen LogP contribution in [0, 0.1) is 6.92 Å². The molecule has 2 N–H and O–H groups in total. The smallest absolute Gasteiger partial charge is 0.337 e. The van der Waals surface area contributed by atoms with Crippen LogP contribution in [0.4, 0.5) is 5.69 Å². The molecule has 114 valence electrons. The van der Waals surface area contributed by atoms with Gasteiger partial charge in [0.25, 0.3) is 0 Å². The first-order chi connectivity index (χ1) is 10.5. The number of hydrazone groups is 1. The summed E-state index contributed by atoms with van der Waals surface area (Å²) in [6.07, 6.45) is 0. The number of hydrogen-bond donors (Lipinski definition) is 2. The van der Waals surface area contributed by atoms with Crippen molar-refractivity contribution in [2.75, 3.05) is 12.5 Å². The molecule has 0 amide bonds. The van der Waals surface area contributed by atoms with E-state index in [4.69, 9.17) is 9.84 Å². The number of para-hydroxylation sites is 1. The van der Waals surface area contributed by atoms with Crippen molar-refractivity contribution in [3.63, 3.8) is 0 Å². The van der Waals surface area contributed by atoms with Crippen molar-refractivity contribution in [1.82, 2.24) is 0 Å². The number of carboxylic acid groups (broad SMARTS) is 1. The molecule has 2 aromatic rings. The minimum atomic E-state index is -0.996. The number of ether oxygens (including phenoxy) is 1. The molecule has 0 bridgehead atoms. The van der Waals surface area contributed by atoms with Crippen LogP contribution in [-0.4, -0.2) is 23.9 Å². The van der Waals surface area contributed by atoms with E-state index in [0.717, 1.165) is 16.9 Å². The average molecular weight is 298 g/mol. The summed E-state index contributed by atoms with van der Waals surface area (Å²) in [5, 5.41) is 13.4. The highest BCUT2D eigenvalue weighted by Crippen LogP contribution is 2.21. The largest absolute Gasteiger partial charge is 0.496 e. The van der Waals surface area contributed by atoms with Gasteiger partial charge in [-0.25, -0.2) is 4.79 Å². The quantitative estimate of drug-likeness (QED) is 0.654. The third-order valence-corrected chi connectivity index (χ3v) is 3.25. The Morgan fingerprint density at radius 1 is 1.18 bits per heavy atom. The van der Waals surface area contributed by atoms with Gasteiger partial charge < -0.3 is 9.84 Å². The number of benzene rings is 2. The van der Waals surface area contributed by atoms with Crippen molar-refractivity contribution in [3.05, 3.63) is 59.2 Å². The molecule has 0 saturated heterocycles. The number of carboxylic acids is 1. The second-order valence-corrected chi connectivity index (χ2v) is 4.86. The zero-order chi connectivity index (χ0) is 16.1. The number of nitrogens with one attached hydrogen (secondary N) is 1. The Kier molecular flexibility index (Phi) is 4.78. The Morgan fingerprint density at radius 3 is 2.59 bits per heavy atom. The van der Waals surface area contributed by atoms with Crippen molar-refractivity contribution in [2.45, 2.75) is 13.8 Å². The van der Waals surface area contributed by atoms with Crippen molar-refractivity contribution in [3.8, 4) is 5.75 Å². The second-order valence-electron chi connectivity index (χ2n) is 4.86. The standard InChI is InChI=1S/C17H18N2O3/c1-11-8-9-16(22-3)14(10-11)12(2)18-19-15-7-5-4-6-13(15)17(20)21/h4-10,19H,1-3H3,(H,20,21). The predicted octanol–water partition coefficient (Wildman–Crippen LogP) is 3.54. The van der Waals surface area contributed by atoms with E-state index in [2.05, 4.69) is 10.5 Å². The molecule has 0 aliphatic carbocycles. The first kappa shape index (κ1) is 15.6. The van der Waals surface area contributed by atoms with Crippen molar-refractivity contribution >= 4 is 17.4 Å². The molecule has 22 heavy (non-hydrogen) atoms. The molecular weight excluding hydrogens is 280 g/mol. The van der Waals surface area contributed by atoms with E-state index in [1.54, 1.807) is 25.3 Å². The molecule has 5 nitrogen and oxygen atoms in total. The predicted molar refractivity (Wildman–Crippen MR) is 87.0 cm³/mol. The number of carbonyl (C=O) groups is 1. The molecule has 5 heteroatoms. The van der Waals surface area contributed by atoms with Crippen LogP contribution in [0.2, 0.25) is 0 Å². The summed E-state index contributed by atoms with van der Waals surface area (Å²) in [6, 6.07) is 12.5. The van der Waals surface area contributed by atoms with Gasteiger partial charge in [0.1, 0.15) is 5.75 Å². The summed E-state index contributed by atoms with van der Waals surface area (Å²) in [4.78, 5) is 11.2. The van der Waals surface area contributed by atoms with E-state index in [1.165, 1.54) is 6.07 Å². The topological polar surface area (TPSA) is 70.9 Å². The number of anilines is 1. The first-order valence-electron chi connectivity index (χ1n) is 6.80. The van der Waals surface area contributed by atoms with E-state index in [9.17, 15) is 4.79 Å². The Bertz CT molecular complexity index is 724. The number of aromatic carboxylic acids is 1. The van der Waals surface area contributed by atoms with Gasteiger partial charge in [-0.15, -0.1) is 0 Å². The fraction of sp³-hybridized carbons (Fsp3) is 0.176. The number of aryl methyl sites for hydroxylation is 1. The summed E-state index contributed by atoms with van der Waals surface area (Å²) >= 11 is 0. The SMILES string of the molecule is COc1ccc(C)cc1C(C)=NNc1ccccc1C(=O)O. The van der Waals surface area contributed by atoms with Crippen LogP contribution in [0.25, 0.3) is 0 Å². The summed E-state index contributed by atoms with van der Waals surface area (Å²) < 4.78 is 5.33. The molecule has 0 atom stereocenters. The molecule has 0 heterocycles. The molecule has 0 spiro atoms. The summed E-state index contributed by atoms with van der Waals surface area (Å²) in [6.45, 7) is 3.83. The molecular formula is C17H18N2O3. The molecule has 0 aliphatic heterocycles. The average Bonchev–Trinajstić information content (AvgIpc) is 2.52. The molecule has 2 aromatic carbocycles. The lowest BCUT2D eigenvalue weighted by Gasteiger charge is -2.10. The van der Waals surface area contributed by atoms with Gasteiger partial charge in [0.2, 0.25) is 0 Å². The van der Waals surface area contributed by atoms with Gasteiger partial charge in [0.15, 0.2) is 0 Å². The third kappa shape index (κ3) is 3.44. The van der Waals surface area contributed by atoms with Gasteiger partial charge in [-0.05, 0) is 38.1 Å². The number of nitrogens with zero attached hydrogens (tertiary/aromatic N) is 1. The summed E-state index contributed by atoms with van der Waals surface area (Å²) in [5.41, 5.74) is 6.10. The van der Waals surface area contributed by atoms with Gasteiger partial charge in [0, 0.05) is 5.56 Å². The summed E-state index contributed by atoms with van der Waals surface area (Å²) in [5.74, 6) is -0.274. The minimum Gasteiger partial charge on any atom is -0.496 e. The maximum Gasteiger partial charge on any atom is 0.337 e. The molecule has 0 aromatic heterocycles. The van der Waals surface area contributed by atoms with Crippen LogP contribution in [0.3, 0.4) is 0 Å². The first-order valence-corrected chi connectivity index (χ1v) is 6.80. The Hall–Kier alpha value is -2.82. The lowest BCUT2D eigenvalue weighted by Crippen LogP contribution is -2.06. The number of rotatable bonds is 5. The zero-order valence-electron chi connectivity index (χ0n) is 12.8. The van der Waals surface area contributed by atoms with E-state index in [0.29, 0.717) is 11.4 Å². The normalized spacial score (nSPS) is 11.1. The highest BCUT2D eigenvalue weighted by atomic mass is 16.5. The molecule has 0 saturated carbocycles. The Morgan fingerprint density at radius 2 is 1.91 bits per heavy atom. The van der Waals surface area contributed by atoms with Crippen LogP contribution in [-0.2, 0) is 0 Å². The van der Waals surface area contributed by atoms with Crippen LogP contribution in [0.1, 0.15) is 28.4 Å². The molecule has 2 rings (SSSR count). The minimum absolute atomic E-state index is 0.176. The summed E-state index contributed by atoms with van der Waals surface area (Å²) in [7, 11) is 1.61. The molecule has 0 aliphatic rings. The maximum atomic E-state index is 11.2. The molecule has 0 unspecified atom stereocenters. The van der Waals surface area contributed by atoms with Crippen molar-refractivity contribution < 1.29 is 14.6 Å². The van der Waals surface area contributed by atoms with Gasteiger partial charge in [-0.2, -0.15) is 5.10 Å². The third-order valence-electron chi connectivity index (χ3n) is 3.25. The van der Waals surface area contributed by atoms with Gasteiger partial charge in [-0.1, -0.05) is 23.8 Å². The second kappa shape index (κ2) is 6.76. The van der Waals surface area contributed by atoms with E-state index in [-0.39, 0.29) is 5.56 Å². The fourth-order valence-corrected chi connectivity index (χ4v) is 2.08. The van der Waals surface area contributed by atoms with Crippen LogP contribution in [0.15, 0.2) is 47.6 Å². The van der Waals surface area contributed by atoms with Gasteiger partial charge in [-0.3, -0.25) is 5.43 Å². The van der Waals surface area contributed by atoms with E-state index >= 15 is 0 Å². The number of methoxy groups -OCH3 is 1. The highest BCUT2D eigenvalue weighted by molar-refractivity contribution is 6.02. The van der Waals surface area contributed by atoms with Crippen LogP contribution >= 0.6 is 0 Å². The van der Waals surface area contributed by atoms with Gasteiger partial charge in [0.05, 0.1) is 24.1 Å². The fourth-order valence-electron chi connectivity index (χ4n) is 2.08. The van der Waals surface area contributed by atoms with Gasteiger partial charge >= 0.3 is 5.97 Å². The Balaban J connectivity index is 2.31. The molecule has 0 radical (unpaired) electrons. The Labute approximate surface area is 129 Å². The zero-order valence-corrected chi connectivity index (χ0v) is 12.8. The lowest BCUT2D eigenvalue weighted by atomic mass is 10.1. The van der Waals surface area contributed by atoms with E-state index in [1.807, 2.05) is 32.0 Å². The van der Waals surface area contributed by atoms with Crippen LogP contribution < -0.4 is 10.2 Å². The monoisotopic (exact) mass is 298 g/mol. The van der Waals surface area contributed by atoms with E-state index < -0.39 is 5.97 Å². The van der Waals surface area contributed by atoms with Crippen LogP contribution in [0.5, 0.6) is 5.75 Å². The lowest BCUT2D eigenvalue weighted by molar-refractivity contribution is 0.0698. The maximum absolute atomic E-state index is 11.2. The number of hydrogen-bond acceptors (Lipinski definition) is 4. The molecule has 0 fully saturated rings. The van der Waals surface area contributed by atoms with Crippen molar-refractivity contribution in [2.24, 2.45) is 5.10 Å². The van der Waals surface area contributed by atoms with Crippen molar-refractivity contribution in [1.29, 1.82) is 0 Å². The highest BCUT2D eigenvalue weighted by Gasteiger charge is 2.10.